The molecule has 0 aliphatic carbocycles. The highest BCUT2D eigenvalue weighted by molar-refractivity contribution is 5.70. The lowest BCUT2D eigenvalue weighted by Crippen LogP contribution is -2.41. The standard InChI is InChI=1S/C9H19NO2/c1-5-9(3,10-4)7-8(11)12-6-2/h10H,5-7H2,1-4H3. The molecule has 0 saturated heterocycles. The first-order valence-corrected chi connectivity index (χ1v) is 4.42. The van der Waals surface area contributed by atoms with Crippen molar-refractivity contribution in [3.63, 3.8) is 0 Å². The number of carbonyl (C=O) groups is 1. The van der Waals surface area contributed by atoms with Gasteiger partial charge in [-0.2, -0.15) is 0 Å². The van der Waals surface area contributed by atoms with Gasteiger partial charge >= 0.3 is 5.97 Å². The summed E-state index contributed by atoms with van der Waals surface area (Å²) in [5.41, 5.74) is -0.119. The molecule has 0 aliphatic heterocycles. The van der Waals surface area contributed by atoms with Crippen LogP contribution in [0, 0.1) is 0 Å². The number of hydrogen-bond donors (Lipinski definition) is 1. The average molecular weight is 173 g/mol. The molecular weight excluding hydrogens is 154 g/mol. The summed E-state index contributed by atoms with van der Waals surface area (Å²) >= 11 is 0. The Bertz CT molecular complexity index is 141. The van der Waals surface area contributed by atoms with E-state index in [1.807, 2.05) is 20.9 Å². The van der Waals surface area contributed by atoms with Crippen molar-refractivity contribution >= 4 is 5.97 Å². The van der Waals surface area contributed by atoms with Crippen LogP contribution < -0.4 is 5.32 Å². The Balaban J connectivity index is 3.93. The summed E-state index contributed by atoms with van der Waals surface area (Å²) in [5, 5.41) is 3.12. The third-order valence-corrected chi connectivity index (χ3v) is 2.22. The number of carbonyl (C=O) groups excluding carboxylic acids is 1. The Kier molecular flexibility index (Phi) is 4.90. The summed E-state index contributed by atoms with van der Waals surface area (Å²) in [6.07, 6.45) is 1.36. The molecule has 0 heterocycles. The second-order valence-corrected chi connectivity index (χ2v) is 3.15. The van der Waals surface area contributed by atoms with E-state index in [0.29, 0.717) is 13.0 Å². The average Bonchev–Trinajstić information content (AvgIpc) is 2.05. The molecule has 12 heavy (non-hydrogen) atoms. The SMILES string of the molecule is CCOC(=O)CC(C)(CC)NC. The van der Waals surface area contributed by atoms with Crippen LogP contribution in [0.15, 0.2) is 0 Å². The van der Waals surface area contributed by atoms with E-state index in [1.165, 1.54) is 0 Å². The monoisotopic (exact) mass is 173 g/mol. The molecule has 0 amide bonds. The zero-order valence-electron chi connectivity index (χ0n) is 8.44. The third-order valence-electron chi connectivity index (χ3n) is 2.22. The summed E-state index contributed by atoms with van der Waals surface area (Å²) in [6.45, 7) is 6.35. The van der Waals surface area contributed by atoms with Crippen LogP contribution in [0.4, 0.5) is 0 Å². The van der Waals surface area contributed by atoms with Gasteiger partial charge in [-0.3, -0.25) is 4.79 Å². The molecule has 0 saturated carbocycles. The van der Waals surface area contributed by atoms with E-state index in [0.717, 1.165) is 6.42 Å². The van der Waals surface area contributed by atoms with Crippen LogP contribution in [0.2, 0.25) is 0 Å². The molecule has 3 nitrogen and oxygen atoms in total. The Morgan fingerprint density at radius 3 is 2.42 bits per heavy atom. The predicted molar refractivity (Wildman–Crippen MR) is 49.0 cm³/mol. The smallest absolute Gasteiger partial charge is 0.307 e. The quantitative estimate of drug-likeness (QED) is 0.637. The largest absolute Gasteiger partial charge is 0.466 e. The van der Waals surface area contributed by atoms with Gasteiger partial charge in [0.15, 0.2) is 0 Å². The second kappa shape index (κ2) is 5.14. The van der Waals surface area contributed by atoms with E-state index >= 15 is 0 Å². The van der Waals surface area contributed by atoms with Crippen molar-refractivity contribution < 1.29 is 9.53 Å². The van der Waals surface area contributed by atoms with Crippen molar-refractivity contribution in [2.24, 2.45) is 0 Å². The Labute approximate surface area is 74.5 Å². The number of ether oxygens (including phenoxy) is 1. The van der Waals surface area contributed by atoms with Crippen LogP contribution in [-0.2, 0) is 9.53 Å². The number of esters is 1. The van der Waals surface area contributed by atoms with Crippen molar-refractivity contribution in [3.8, 4) is 0 Å². The molecule has 0 radical (unpaired) electrons. The van der Waals surface area contributed by atoms with Crippen LogP contribution in [0.3, 0.4) is 0 Å². The first-order valence-electron chi connectivity index (χ1n) is 4.42. The van der Waals surface area contributed by atoms with Gasteiger partial charge in [0.05, 0.1) is 13.0 Å². The van der Waals surface area contributed by atoms with Crippen molar-refractivity contribution in [1.82, 2.24) is 5.32 Å². The lowest BCUT2D eigenvalue weighted by Gasteiger charge is -2.26. The third kappa shape index (κ3) is 3.72. The fourth-order valence-corrected chi connectivity index (χ4v) is 0.921. The van der Waals surface area contributed by atoms with Crippen molar-refractivity contribution in [3.05, 3.63) is 0 Å². The molecule has 1 N–H and O–H groups in total. The first-order chi connectivity index (χ1) is 5.58. The lowest BCUT2D eigenvalue weighted by atomic mass is 9.95. The Morgan fingerprint density at radius 2 is 2.08 bits per heavy atom. The lowest BCUT2D eigenvalue weighted by molar-refractivity contribution is -0.144. The van der Waals surface area contributed by atoms with Crippen molar-refractivity contribution in [1.29, 1.82) is 0 Å². The summed E-state index contributed by atoms with van der Waals surface area (Å²) in [4.78, 5) is 11.1. The van der Waals surface area contributed by atoms with E-state index in [4.69, 9.17) is 4.74 Å². The zero-order chi connectivity index (χ0) is 9.61. The normalized spacial score (nSPS) is 15.3. The van der Waals surface area contributed by atoms with Gasteiger partial charge in [-0.15, -0.1) is 0 Å². The summed E-state index contributed by atoms with van der Waals surface area (Å²) in [6, 6.07) is 0. The van der Waals surface area contributed by atoms with E-state index in [9.17, 15) is 4.79 Å². The zero-order valence-corrected chi connectivity index (χ0v) is 8.44. The van der Waals surface area contributed by atoms with E-state index in [2.05, 4.69) is 12.2 Å². The highest BCUT2D eigenvalue weighted by Gasteiger charge is 2.23. The van der Waals surface area contributed by atoms with E-state index in [1.54, 1.807) is 0 Å². The molecule has 0 aromatic rings. The maximum absolute atomic E-state index is 11.1. The van der Waals surface area contributed by atoms with Crippen molar-refractivity contribution in [2.75, 3.05) is 13.7 Å². The predicted octanol–water partition coefficient (Wildman–Crippen LogP) is 1.33. The highest BCUT2D eigenvalue weighted by Crippen LogP contribution is 2.13. The summed E-state index contributed by atoms with van der Waals surface area (Å²) in [5.74, 6) is -0.129. The molecule has 0 aromatic carbocycles. The molecule has 0 aromatic heterocycles. The first kappa shape index (κ1) is 11.4. The minimum atomic E-state index is -0.129. The molecule has 3 heteroatoms. The van der Waals surface area contributed by atoms with Crippen LogP contribution >= 0.6 is 0 Å². The van der Waals surface area contributed by atoms with Crippen LogP contribution in [0.5, 0.6) is 0 Å². The van der Waals surface area contributed by atoms with Gasteiger partial charge in [-0.05, 0) is 27.3 Å². The van der Waals surface area contributed by atoms with Gasteiger partial charge in [0.25, 0.3) is 0 Å². The van der Waals surface area contributed by atoms with Gasteiger partial charge in [0.1, 0.15) is 0 Å². The maximum Gasteiger partial charge on any atom is 0.307 e. The molecule has 1 unspecified atom stereocenters. The van der Waals surface area contributed by atoms with E-state index in [-0.39, 0.29) is 11.5 Å². The minimum Gasteiger partial charge on any atom is -0.466 e. The van der Waals surface area contributed by atoms with Gasteiger partial charge in [0, 0.05) is 5.54 Å². The molecule has 1 atom stereocenters. The molecule has 72 valence electrons. The Hall–Kier alpha value is -0.570. The molecule has 0 spiro atoms. The molecule has 0 rings (SSSR count). The van der Waals surface area contributed by atoms with Gasteiger partial charge < -0.3 is 10.1 Å². The number of nitrogens with one attached hydrogen (secondary N) is 1. The fourth-order valence-electron chi connectivity index (χ4n) is 0.921. The maximum atomic E-state index is 11.1. The van der Waals surface area contributed by atoms with Gasteiger partial charge in [-0.25, -0.2) is 0 Å². The number of rotatable bonds is 5. The van der Waals surface area contributed by atoms with Crippen LogP contribution in [0.25, 0.3) is 0 Å². The molecule has 0 bridgehead atoms. The summed E-state index contributed by atoms with van der Waals surface area (Å²) < 4.78 is 4.86. The van der Waals surface area contributed by atoms with E-state index < -0.39 is 0 Å². The van der Waals surface area contributed by atoms with Crippen LogP contribution in [0.1, 0.15) is 33.6 Å². The minimum absolute atomic E-state index is 0.119. The Morgan fingerprint density at radius 1 is 1.50 bits per heavy atom. The van der Waals surface area contributed by atoms with Crippen molar-refractivity contribution in [2.45, 2.75) is 39.2 Å². The van der Waals surface area contributed by atoms with Crippen LogP contribution in [-0.4, -0.2) is 25.2 Å². The summed E-state index contributed by atoms with van der Waals surface area (Å²) in [7, 11) is 1.86. The fraction of sp³-hybridized carbons (Fsp3) is 0.889. The highest BCUT2D eigenvalue weighted by atomic mass is 16.5. The topological polar surface area (TPSA) is 38.3 Å². The number of hydrogen-bond acceptors (Lipinski definition) is 3. The molecule has 0 aliphatic rings. The molecule has 0 fully saturated rings. The molecular formula is C9H19NO2. The van der Waals surface area contributed by atoms with Gasteiger partial charge in [0.2, 0.25) is 0 Å². The second-order valence-electron chi connectivity index (χ2n) is 3.15. The van der Waals surface area contributed by atoms with Gasteiger partial charge in [-0.1, -0.05) is 6.92 Å².